The Hall–Kier alpha value is -2.30. The van der Waals surface area contributed by atoms with E-state index in [0.29, 0.717) is 13.2 Å². The second-order valence-corrected chi connectivity index (χ2v) is 5.24. The van der Waals surface area contributed by atoms with Crippen LogP contribution in [0.3, 0.4) is 0 Å². The highest BCUT2D eigenvalue weighted by molar-refractivity contribution is 5.49. The Balaban J connectivity index is 1.81. The molecule has 2 aromatic rings. The molecule has 110 valence electrons. The van der Waals surface area contributed by atoms with Crippen molar-refractivity contribution in [2.24, 2.45) is 0 Å². The Morgan fingerprint density at radius 3 is 2.67 bits per heavy atom. The average molecular weight is 285 g/mol. The number of benzene rings is 1. The van der Waals surface area contributed by atoms with Crippen LogP contribution in [0.25, 0.3) is 0 Å². The largest absolute Gasteiger partial charge is 0.486 e. The molecule has 21 heavy (non-hydrogen) atoms. The molecule has 0 saturated heterocycles. The molecule has 1 aliphatic heterocycles. The minimum atomic E-state index is 0.608. The summed E-state index contributed by atoms with van der Waals surface area (Å²) in [7, 11) is 2.03. The summed E-state index contributed by atoms with van der Waals surface area (Å²) < 4.78 is 11.2. The van der Waals surface area contributed by atoms with Gasteiger partial charge in [-0.3, -0.25) is 0 Å². The summed E-state index contributed by atoms with van der Waals surface area (Å²) in [5.74, 6) is 2.60. The third kappa shape index (κ3) is 2.77. The topological polar surface area (TPSA) is 47.5 Å². The number of anilines is 1. The zero-order valence-electron chi connectivity index (χ0n) is 12.6. The Bertz CT molecular complexity index is 658. The number of nitrogens with zero attached hydrogens (tertiary/aromatic N) is 3. The van der Waals surface area contributed by atoms with Gasteiger partial charge in [-0.25, -0.2) is 9.97 Å². The summed E-state index contributed by atoms with van der Waals surface area (Å²) in [6.07, 6.45) is 1.61. The van der Waals surface area contributed by atoms with E-state index >= 15 is 0 Å². The summed E-state index contributed by atoms with van der Waals surface area (Å²) in [6.45, 7) is 6.03. The second-order valence-electron chi connectivity index (χ2n) is 5.24. The molecule has 3 rings (SSSR count). The predicted molar refractivity (Wildman–Crippen MR) is 81.0 cm³/mol. The number of hydrogen-bond acceptors (Lipinski definition) is 5. The Kier molecular flexibility index (Phi) is 3.64. The second kappa shape index (κ2) is 5.60. The molecule has 5 nitrogen and oxygen atoms in total. The minimum Gasteiger partial charge on any atom is -0.486 e. The molecule has 1 aromatic carbocycles. The van der Waals surface area contributed by atoms with Crippen LogP contribution in [-0.4, -0.2) is 30.2 Å². The number of fused-ring (bicyclic) bond motifs is 1. The van der Waals surface area contributed by atoms with Crippen LogP contribution in [0, 0.1) is 13.8 Å². The first kappa shape index (κ1) is 13.7. The van der Waals surface area contributed by atoms with Crippen molar-refractivity contribution >= 4 is 5.82 Å². The van der Waals surface area contributed by atoms with E-state index in [1.54, 1.807) is 6.33 Å². The monoisotopic (exact) mass is 285 g/mol. The first-order valence-electron chi connectivity index (χ1n) is 7.03. The van der Waals surface area contributed by atoms with Crippen molar-refractivity contribution < 1.29 is 9.47 Å². The lowest BCUT2D eigenvalue weighted by Crippen LogP contribution is -2.20. The van der Waals surface area contributed by atoms with Gasteiger partial charge in [0.1, 0.15) is 25.4 Å². The van der Waals surface area contributed by atoms with E-state index in [9.17, 15) is 0 Å². The lowest BCUT2D eigenvalue weighted by atomic mass is 10.1. The van der Waals surface area contributed by atoms with E-state index < -0.39 is 0 Å². The summed E-state index contributed by atoms with van der Waals surface area (Å²) in [5.41, 5.74) is 3.28. The molecular weight excluding hydrogens is 266 g/mol. The lowest BCUT2D eigenvalue weighted by Gasteiger charge is -2.23. The molecule has 0 radical (unpaired) electrons. The fourth-order valence-electron chi connectivity index (χ4n) is 2.45. The van der Waals surface area contributed by atoms with E-state index in [1.165, 1.54) is 0 Å². The zero-order valence-corrected chi connectivity index (χ0v) is 12.6. The van der Waals surface area contributed by atoms with Crippen LogP contribution >= 0.6 is 0 Å². The fraction of sp³-hybridized carbons (Fsp3) is 0.375. The van der Waals surface area contributed by atoms with Crippen molar-refractivity contribution in [1.82, 2.24) is 9.97 Å². The van der Waals surface area contributed by atoms with Crippen LogP contribution in [0.4, 0.5) is 5.82 Å². The molecule has 0 spiro atoms. The van der Waals surface area contributed by atoms with Crippen molar-refractivity contribution in [3.05, 3.63) is 41.3 Å². The molecular formula is C16H19N3O2. The molecule has 0 saturated carbocycles. The minimum absolute atomic E-state index is 0.608. The zero-order chi connectivity index (χ0) is 14.8. The molecule has 0 atom stereocenters. The highest BCUT2D eigenvalue weighted by atomic mass is 16.6. The van der Waals surface area contributed by atoms with Crippen LogP contribution in [0.15, 0.2) is 24.5 Å². The molecule has 5 heteroatoms. The van der Waals surface area contributed by atoms with Gasteiger partial charge in [-0.2, -0.15) is 0 Å². The molecule has 2 heterocycles. The third-order valence-corrected chi connectivity index (χ3v) is 3.70. The first-order chi connectivity index (χ1) is 10.1. The van der Waals surface area contributed by atoms with Crippen molar-refractivity contribution in [2.45, 2.75) is 20.4 Å². The van der Waals surface area contributed by atoms with Gasteiger partial charge in [-0.15, -0.1) is 0 Å². The molecule has 1 aliphatic rings. The molecule has 0 amide bonds. The number of aryl methyl sites for hydroxylation is 1. The van der Waals surface area contributed by atoms with Gasteiger partial charge in [0, 0.05) is 24.8 Å². The normalized spacial score (nSPS) is 13.1. The van der Waals surface area contributed by atoms with Gasteiger partial charge in [-0.1, -0.05) is 6.07 Å². The maximum atomic E-state index is 5.63. The van der Waals surface area contributed by atoms with Crippen LogP contribution in [0.2, 0.25) is 0 Å². The predicted octanol–water partition coefficient (Wildman–Crippen LogP) is 2.50. The first-order valence-corrected chi connectivity index (χ1v) is 7.03. The molecule has 0 fully saturated rings. The molecule has 0 aliphatic carbocycles. The van der Waals surface area contributed by atoms with E-state index in [0.717, 1.165) is 40.7 Å². The molecule has 0 bridgehead atoms. The van der Waals surface area contributed by atoms with Gasteiger partial charge < -0.3 is 14.4 Å². The van der Waals surface area contributed by atoms with Crippen LogP contribution in [-0.2, 0) is 6.54 Å². The number of rotatable bonds is 3. The SMILES string of the molecule is Cc1ncnc(N(C)Cc2ccc3c(c2)OCCO3)c1C. The van der Waals surface area contributed by atoms with Gasteiger partial charge >= 0.3 is 0 Å². The summed E-state index contributed by atoms with van der Waals surface area (Å²) in [4.78, 5) is 10.7. The summed E-state index contributed by atoms with van der Waals surface area (Å²) in [6, 6.07) is 6.07. The number of ether oxygens (including phenoxy) is 2. The third-order valence-electron chi connectivity index (χ3n) is 3.70. The van der Waals surface area contributed by atoms with Gasteiger partial charge in [-0.05, 0) is 31.5 Å². The molecule has 1 aromatic heterocycles. The Labute approximate surface area is 124 Å². The van der Waals surface area contributed by atoms with E-state index in [4.69, 9.17) is 9.47 Å². The van der Waals surface area contributed by atoms with Crippen molar-refractivity contribution in [2.75, 3.05) is 25.2 Å². The highest BCUT2D eigenvalue weighted by Gasteiger charge is 2.14. The Morgan fingerprint density at radius 1 is 1.10 bits per heavy atom. The van der Waals surface area contributed by atoms with Crippen molar-refractivity contribution in [3.8, 4) is 11.5 Å². The standard InChI is InChI=1S/C16H19N3O2/c1-11-12(2)17-10-18-16(11)19(3)9-13-4-5-14-15(8-13)21-7-6-20-14/h4-5,8,10H,6-7,9H2,1-3H3. The van der Waals surface area contributed by atoms with Crippen molar-refractivity contribution in [3.63, 3.8) is 0 Å². The molecule has 0 unspecified atom stereocenters. The van der Waals surface area contributed by atoms with E-state index in [1.807, 2.05) is 33.0 Å². The van der Waals surface area contributed by atoms with Crippen LogP contribution in [0.1, 0.15) is 16.8 Å². The maximum absolute atomic E-state index is 5.63. The maximum Gasteiger partial charge on any atom is 0.161 e. The fourth-order valence-corrected chi connectivity index (χ4v) is 2.45. The van der Waals surface area contributed by atoms with Gasteiger partial charge in [0.25, 0.3) is 0 Å². The number of aromatic nitrogens is 2. The average Bonchev–Trinajstić information content (AvgIpc) is 2.50. The van der Waals surface area contributed by atoms with Crippen LogP contribution < -0.4 is 14.4 Å². The Morgan fingerprint density at radius 2 is 1.86 bits per heavy atom. The van der Waals surface area contributed by atoms with Gasteiger partial charge in [0.2, 0.25) is 0 Å². The lowest BCUT2D eigenvalue weighted by molar-refractivity contribution is 0.171. The number of hydrogen-bond donors (Lipinski definition) is 0. The van der Waals surface area contributed by atoms with E-state index in [2.05, 4.69) is 20.9 Å². The smallest absolute Gasteiger partial charge is 0.161 e. The highest BCUT2D eigenvalue weighted by Crippen LogP contribution is 2.31. The van der Waals surface area contributed by atoms with Gasteiger partial charge in [0.15, 0.2) is 11.5 Å². The summed E-state index contributed by atoms with van der Waals surface area (Å²) in [5, 5.41) is 0. The quantitative estimate of drug-likeness (QED) is 0.867. The van der Waals surface area contributed by atoms with Gasteiger partial charge in [0.05, 0.1) is 0 Å². The summed E-state index contributed by atoms with van der Waals surface area (Å²) >= 11 is 0. The van der Waals surface area contributed by atoms with Crippen LogP contribution in [0.5, 0.6) is 11.5 Å². The van der Waals surface area contributed by atoms with Crippen molar-refractivity contribution in [1.29, 1.82) is 0 Å². The molecule has 0 N–H and O–H groups in total. The van der Waals surface area contributed by atoms with E-state index in [-0.39, 0.29) is 0 Å².